The topological polar surface area (TPSA) is 17.3 Å². The number of nitrogens with zero attached hydrogens (tertiary/aromatic N) is 2. The van der Waals surface area contributed by atoms with E-state index in [1.807, 2.05) is 0 Å². The summed E-state index contributed by atoms with van der Waals surface area (Å²) in [6, 6.07) is 0.647. The first-order valence-electron chi connectivity index (χ1n) is 5.65. The lowest BCUT2D eigenvalue weighted by Gasteiger charge is -2.41. The lowest BCUT2D eigenvalue weighted by atomic mass is 10.3. The fraction of sp³-hybridized carbons (Fsp3) is 1.00. The van der Waals surface area contributed by atoms with Gasteiger partial charge in [0, 0.05) is 0 Å². The molecule has 0 aromatic rings. The second-order valence-corrected chi connectivity index (χ2v) is 15.9. The summed E-state index contributed by atoms with van der Waals surface area (Å²) in [6.45, 7) is 16.8. The van der Waals surface area contributed by atoms with Crippen LogP contribution in [-0.4, -0.2) is 40.2 Å². The third-order valence-electron chi connectivity index (χ3n) is 2.68. The highest BCUT2D eigenvalue weighted by Gasteiger charge is 2.28. The zero-order valence-electron chi connectivity index (χ0n) is 10.6. The zero-order chi connectivity index (χ0) is 11.0. The lowest BCUT2D eigenvalue weighted by molar-refractivity contribution is 0.521. The molecule has 1 aliphatic heterocycles. The van der Waals surface area contributed by atoms with Gasteiger partial charge in [-0.2, -0.15) is 0 Å². The van der Waals surface area contributed by atoms with Gasteiger partial charge < -0.3 is 9.55 Å². The maximum absolute atomic E-state index is 4.99. The van der Waals surface area contributed by atoms with Crippen molar-refractivity contribution in [1.82, 2.24) is 4.57 Å². The molecule has 1 rings (SSSR count). The van der Waals surface area contributed by atoms with Crippen LogP contribution in [0.1, 0.15) is 6.42 Å². The van der Waals surface area contributed by atoms with Gasteiger partial charge in [-0.25, -0.2) is 0 Å². The molecule has 1 atom stereocenters. The second kappa shape index (κ2) is 4.08. The average molecular weight is 229 g/mol. The first kappa shape index (κ1) is 12.4. The van der Waals surface area contributed by atoms with Crippen LogP contribution in [0.25, 0.3) is 4.98 Å². The molecule has 1 unspecified atom stereocenters. The van der Waals surface area contributed by atoms with Crippen molar-refractivity contribution in [3.8, 4) is 0 Å². The molecule has 1 saturated heterocycles. The van der Waals surface area contributed by atoms with E-state index in [4.69, 9.17) is 4.98 Å². The van der Waals surface area contributed by atoms with E-state index < -0.39 is 16.5 Å². The molecule has 0 aliphatic carbocycles. The third kappa shape index (κ3) is 3.84. The molecule has 0 spiro atoms. The van der Waals surface area contributed by atoms with Gasteiger partial charge in [0.1, 0.15) is 8.24 Å². The number of hydrogen-bond acceptors (Lipinski definition) is 1. The summed E-state index contributed by atoms with van der Waals surface area (Å²) in [5.41, 5.74) is 0. The van der Waals surface area contributed by atoms with Gasteiger partial charge in [-0.3, -0.25) is 0 Å². The van der Waals surface area contributed by atoms with Crippen molar-refractivity contribution in [2.45, 2.75) is 51.7 Å². The van der Waals surface area contributed by atoms with Crippen LogP contribution in [0.5, 0.6) is 0 Å². The van der Waals surface area contributed by atoms with Gasteiger partial charge in [-0.15, -0.1) is 6.04 Å². The quantitative estimate of drug-likeness (QED) is 0.680. The van der Waals surface area contributed by atoms with Gasteiger partial charge >= 0.3 is 0 Å². The van der Waals surface area contributed by atoms with E-state index in [9.17, 15) is 0 Å². The van der Waals surface area contributed by atoms with E-state index in [1.54, 1.807) is 0 Å². The predicted molar refractivity (Wildman–Crippen MR) is 70.0 cm³/mol. The highest BCUT2D eigenvalue weighted by Crippen LogP contribution is 2.26. The van der Waals surface area contributed by atoms with Crippen LogP contribution in [0.4, 0.5) is 0 Å². The lowest BCUT2D eigenvalue weighted by Crippen LogP contribution is -2.45. The largest absolute Gasteiger partial charge is 0.661 e. The van der Waals surface area contributed by atoms with E-state index >= 15 is 0 Å². The highest BCUT2D eigenvalue weighted by molar-refractivity contribution is 6.80. The molecule has 84 valence electrons. The summed E-state index contributed by atoms with van der Waals surface area (Å²) in [5.74, 6) is 0. The van der Waals surface area contributed by atoms with Crippen LogP contribution < -0.4 is 0 Å². The van der Waals surface area contributed by atoms with Crippen LogP contribution in [0.3, 0.4) is 0 Å². The molecular formula is C10H25N2Si2-. The average Bonchev–Trinajstić information content (AvgIpc) is 2.29. The second-order valence-electron chi connectivity index (χ2n) is 6.36. The number of rotatable bonds is 3. The Hall–Kier alpha value is 0.354. The summed E-state index contributed by atoms with van der Waals surface area (Å²) >= 11 is 0. The Morgan fingerprint density at radius 2 is 1.64 bits per heavy atom. The Morgan fingerprint density at radius 3 is 2.00 bits per heavy atom. The fourth-order valence-corrected chi connectivity index (χ4v) is 4.87. The Balaban J connectivity index is 2.42. The summed E-state index contributed by atoms with van der Waals surface area (Å²) in [4.78, 5) is 4.99. The van der Waals surface area contributed by atoms with Crippen LogP contribution in [0.15, 0.2) is 0 Å². The van der Waals surface area contributed by atoms with Crippen LogP contribution in [0.2, 0.25) is 39.3 Å². The fourth-order valence-electron chi connectivity index (χ4n) is 2.00. The van der Waals surface area contributed by atoms with E-state index in [0.717, 1.165) is 0 Å². The van der Waals surface area contributed by atoms with Gasteiger partial charge in [0.05, 0.1) is 0 Å². The molecule has 1 fully saturated rings. The summed E-state index contributed by atoms with van der Waals surface area (Å²) in [6.07, 6.45) is 1.30. The summed E-state index contributed by atoms with van der Waals surface area (Å²) < 4.78 is 2.70. The minimum atomic E-state index is -1.20. The Bertz CT molecular complexity index is 193. The summed E-state index contributed by atoms with van der Waals surface area (Å²) in [5, 5.41) is 0. The molecule has 0 saturated carbocycles. The van der Waals surface area contributed by atoms with Crippen molar-refractivity contribution in [3.05, 3.63) is 4.98 Å². The maximum Gasteiger partial charge on any atom is 0.119 e. The third-order valence-corrected chi connectivity index (χ3v) is 6.13. The van der Waals surface area contributed by atoms with Crippen molar-refractivity contribution >= 4 is 16.5 Å². The molecular weight excluding hydrogens is 204 g/mol. The molecule has 0 radical (unpaired) electrons. The minimum absolute atomic E-state index is 0.647. The molecule has 0 bridgehead atoms. The predicted octanol–water partition coefficient (Wildman–Crippen LogP) is 3.10. The molecule has 0 amide bonds. The van der Waals surface area contributed by atoms with Crippen molar-refractivity contribution in [2.24, 2.45) is 0 Å². The first-order valence-corrected chi connectivity index (χ1v) is 12.5. The van der Waals surface area contributed by atoms with E-state index in [-0.39, 0.29) is 0 Å². The van der Waals surface area contributed by atoms with Crippen molar-refractivity contribution in [2.75, 3.05) is 13.1 Å². The molecule has 0 aromatic carbocycles. The molecule has 0 N–H and O–H groups in total. The normalized spacial score (nSPS) is 25.7. The minimum Gasteiger partial charge on any atom is -0.661 e. The van der Waals surface area contributed by atoms with Gasteiger partial charge in [0.2, 0.25) is 0 Å². The van der Waals surface area contributed by atoms with Crippen molar-refractivity contribution in [1.29, 1.82) is 0 Å². The molecule has 14 heavy (non-hydrogen) atoms. The van der Waals surface area contributed by atoms with E-state index in [0.29, 0.717) is 6.04 Å². The number of hydrogen-bond donors (Lipinski definition) is 0. The molecule has 0 aromatic heterocycles. The van der Waals surface area contributed by atoms with Crippen molar-refractivity contribution in [3.63, 3.8) is 0 Å². The molecule has 2 nitrogen and oxygen atoms in total. The smallest absolute Gasteiger partial charge is 0.119 e. The maximum atomic E-state index is 4.99. The molecule has 4 heteroatoms. The van der Waals surface area contributed by atoms with Gasteiger partial charge in [0.25, 0.3) is 0 Å². The Labute approximate surface area is 91.2 Å². The Morgan fingerprint density at radius 1 is 1.07 bits per heavy atom. The Kier molecular flexibility index (Phi) is 3.62. The van der Waals surface area contributed by atoms with Gasteiger partial charge in [0.15, 0.2) is 0 Å². The zero-order valence-corrected chi connectivity index (χ0v) is 12.6. The monoisotopic (exact) mass is 229 g/mol. The summed E-state index contributed by atoms with van der Waals surface area (Å²) in [7, 11) is -2.25. The van der Waals surface area contributed by atoms with Crippen molar-refractivity contribution < 1.29 is 0 Å². The van der Waals surface area contributed by atoms with E-state index in [1.165, 1.54) is 19.5 Å². The van der Waals surface area contributed by atoms with Crippen LogP contribution in [-0.2, 0) is 0 Å². The van der Waals surface area contributed by atoms with Crippen LogP contribution in [0, 0.1) is 0 Å². The van der Waals surface area contributed by atoms with E-state index in [2.05, 4.69) is 43.8 Å². The van der Waals surface area contributed by atoms with Crippen LogP contribution >= 0.6 is 0 Å². The van der Waals surface area contributed by atoms with Gasteiger partial charge in [-0.1, -0.05) is 53.9 Å². The highest BCUT2D eigenvalue weighted by atomic mass is 28.3. The SMILES string of the molecule is C[Si](C)(C)[N-]C1CCN([Si](C)(C)C)C1. The molecule has 1 heterocycles. The first-order chi connectivity index (χ1) is 6.18. The molecule has 1 aliphatic rings. The van der Waals surface area contributed by atoms with Gasteiger partial charge in [-0.05, 0) is 13.1 Å². The standard InChI is InChI=1S/C10H25N2Si2/c1-13(2,3)11-10-7-8-12(9-10)14(4,5)6/h10H,7-9H2,1-6H3/q-1.